The lowest BCUT2D eigenvalue weighted by atomic mass is 9.55. The summed E-state index contributed by atoms with van der Waals surface area (Å²) >= 11 is 5.13. The number of fused-ring (bicyclic) bond motifs is 5. The van der Waals surface area contributed by atoms with Crippen molar-refractivity contribution in [1.82, 2.24) is 0 Å². The van der Waals surface area contributed by atoms with E-state index in [0.717, 1.165) is 40.6 Å². The molecule has 0 heterocycles. The first-order valence-electron chi connectivity index (χ1n) is 11.2. The first-order chi connectivity index (χ1) is 15.3. The highest BCUT2D eigenvalue weighted by atomic mass is 79.9. The van der Waals surface area contributed by atoms with E-state index in [1.54, 1.807) is 23.9 Å². The van der Waals surface area contributed by atoms with Crippen LogP contribution < -0.4 is 0 Å². The minimum absolute atomic E-state index is 0.0828. The fraction of sp³-hybridized carbons (Fsp3) is 0.462. The average Bonchev–Trinajstić information content (AvgIpc) is 3.08. The predicted octanol–water partition coefficient (Wildman–Crippen LogP) is 6.35. The lowest BCUT2D eigenvalue weighted by molar-refractivity contribution is -0.154. The standard InChI is InChI=1S/C26H27BrO4S/c1-14(28)31-22-10-9-21-23-19(11-12-26(21,22)2)18-8-5-16(29)13-20(18)24(30)25(23)32-17-6-3-15(27)4-7-17/h3-8,13,19,21-23,25,29H,9-12H2,1-2H3/t19?,21?,22-,23?,25-,26-/m0/s1. The van der Waals surface area contributed by atoms with E-state index in [2.05, 4.69) is 22.9 Å². The molecule has 2 saturated carbocycles. The van der Waals surface area contributed by atoms with Gasteiger partial charge in [-0.3, -0.25) is 9.59 Å². The number of thioether (sulfide) groups is 1. The molecule has 0 radical (unpaired) electrons. The Kier molecular flexibility index (Phi) is 5.65. The molecule has 0 saturated heterocycles. The van der Waals surface area contributed by atoms with Gasteiger partial charge in [-0.25, -0.2) is 0 Å². The van der Waals surface area contributed by atoms with Crippen molar-refractivity contribution in [3.63, 3.8) is 0 Å². The molecule has 32 heavy (non-hydrogen) atoms. The van der Waals surface area contributed by atoms with Crippen LogP contribution >= 0.6 is 27.7 Å². The molecule has 2 aromatic rings. The third-order valence-electron chi connectivity index (χ3n) is 7.94. The number of Topliss-reactive ketones (excluding diaryl/α,β-unsaturated/α-hetero) is 1. The Balaban J connectivity index is 1.57. The van der Waals surface area contributed by atoms with Gasteiger partial charge in [0.05, 0.1) is 5.25 Å². The molecule has 0 aromatic heterocycles. The molecule has 3 aliphatic rings. The van der Waals surface area contributed by atoms with Gasteiger partial charge in [-0.2, -0.15) is 0 Å². The zero-order valence-electron chi connectivity index (χ0n) is 18.2. The fourth-order valence-corrected chi connectivity index (χ4v) is 8.15. The first-order valence-corrected chi connectivity index (χ1v) is 12.9. The summed E-state index contributed by atoms with van der Waals surface area (Å²) in [4.78, 5) is 26.7. The molecule has 0 aliphatic heterocycles. The van der Waals surface area contributed by atoms with Crippen molar-refractivity contribution in [2.45, 2.75) is 61.7 Å². The van der Waals surface area contributed by atoms with Crippen molar-refractivity contribution in [3.8, 4) is 5.75 Å². The van der Waals surface area contributed by atoms with Crippen LogP contribution in [0.4, 0.5) is 0 Å². The van der Waals surface area contributed by atoms with Crippen molar-refractivity contribution < 1.29 is 19.4 Å². The van der Waals surface area contributed by atoms with E-state index in [-0.39, 0.29) is 46.1 Å². The second kappa shape index (κ2) is 8.21. The van der Waals surface area contributed by atoms with Gasteiger partial charge in [-0.1, -0.05) is 28.9 Å². The Morgan fingerprint density at radius 1 is 1.16 bits per heavy atom. The maximum atomic E-state index is 13.8. The number of ether oxygens (including phenoxy) is 1. The van der Waals surface area contributed by atoms with E-state index >= 15 is 0 Å². The summed E-state index contributed by atoms with van der Waals surface area (Å²) in [6.45, 7) is 3.74. The highest BCUT2D eigenvalue weighted by Crippen LogP contribution is 2.63. The monoisotopic (exact) mass is 514 g/mol. The Morgan fingerprint density at radius 2 is 1.91 bits per heavy atom. The molecule has 0 spiro atoms. The van der Waals surface area contributed by atoms with Gasteiger partial charge in [0.2, 0.25) is 0 Å². The van der Waals surface area contributed by atoms with Gasteiger partial charge >= 0.3 is 5.97 Å². The summed E-state index contributed by atoms with van der Waals surface area (Å²) in [6, 6.07) is 13.4. The van der Waals surface area contributed by atoms with Gasteiger partial charge in [0.15, 0.2) is 5.78 Å². The minimum Gasteiger partial charge on any atom is -0.508 e. The second-order valence-corrected chi connectivity index (χ2v) is 11.8. The lowest BCUT2D eigenvalue weighted by Crippen LogP contribution is -2.50. The highest BCUT2D eigenvalue weighted by molar-refractivity contribution is 9.10. The SMILES string of the molecule is CC(=O)O[C@H]1CCC2C3C(CC[C@@]21C)c1ccc(O)cc1C(=O)[C@H]3Sc1ccc(Br)cc1. The van der Waals surface area contributed by atoms with E-state index in [1.807, 2.05) is 30.3 Å². The molecule has 3 unspecified atom stereocenters. The van der Waals surface area contributed by atoms with Crippen molar-refractivity contribution in [1.29, 1.82) is 0 Å². The van der Waals surface area contributed by atoms with Crippen molar-refractivity contribution in [2.24, 2.45) is 17.3 Å². The van der Waals surface area contributed by atoms with E-state index < -0.39 is 0 Å². The number of halogens is 1. The zero-order valence-corrected chi connectivity index (χ0v) is 20.6. The molecule has 168 valence electrons. The molecule has 3 aliphatic carbocycles. The van der Waals surface area contributed by atoms with E-state index in [1.165, 1.54) is 6.92 Å². The number of esters is 1. The third kappa shape index (κ3) is 3.60. The maximum absolute atomic E-state index is 13.8. The summed E-state index contributed by atoms with van der Waals surface area (Å²) in [7, 11) is 0. The number of hydrogen-bond donors (Lipinski definition) is 1. The first kappa shape index (κ1) is 22.0. The van der Waals surface area contributed by atoms with Gasteiger partial charge in [0.25, 0.3) is 0 Å². The Hall–Kier alpha value is -1.79. The molecular formula is C26H27BrO4S. The second-order valence-electron chi connectivity index (χ2n) is 9.64. The number of rotatable bonds is 3. The molecule has 5 rings (SSSR count). The summed E-state index contributed by atoms with van der Waals surface area (Å²) in [6.07, 6.45) is 3.67. The third-order valence-corrected chi connectivity index (χ3v) is 9.80. The fourth-order valence-electron chi connectivity index (χ4n) is 6.53. The number of aromatic hydroxyl groups is 1. The van der Waals surface area contributed by atoms with Crippen LogP contribution in [-0.4, -0.2) is 28.2 Å². The smallest absolute Gasteiger partial charge is 0.302 e. The molecule has 2 fully saturated rings. The van der Waals surface area contributed by atoms with Crippen LogP contribution in [0.5, 0.6) is 5.75 Å². The molecular weight excluding hydrogens is 488 g/mol. The number of hydrogen-bond acceptors (Lipinski definition) is 5. The summed E-state index contributed by atoms with van der Waals surface area (Å²) in [5.74, 6) is 0.771. The average molecular weight is 515 g/mol. The maximum Gasteiger partial charge on any atom is 0.302 e. The number of ketones is 1. The molecule has 0 bridgehead atoms. The zero-order chi connectivity index (χ0) is 22.6. The molecule has 4 nitrogen and oxygen atoms in total. The van der Waals surface area contributed by atoms with E-state index in [9.17, 15) is 14.7 Å². The number of carbonyl (C=O) groups excluding carboxylic acids is 2. The van der Waals surface area contributed by atoms with Crippen molar-refractivity contribution in [2.75, 3.05) is 0 Å². The molecule has 6 heteroatoms. The van der Waals surface area contributed by atoms with Gasteiger partial charge in [-0.05, 0) is 85.4 Å². The topological polar surface area (TPSA) is 63.6 Å². The summed E-state index contributed by atoms with van der Waals surface area (Å²) < 4.78 is 6.78. The number of benzene rings is 2. The van der Waals surface area contributed by atoms with E-state index in [0.29, 0.717) is 11.5 Å². The number of phenols is 1. The molecule has 0 amide bonds. The van der Waals surface area contributed by atoms with E-state index in [4.69, 9.17) is 4.74 Å². The largest absolute Gasteiger partial charge is 0.508 e. The minimum atomic E-state index is -0.226. The van der Waals surface area contributed by atoms with Crippen molar-refractivity contribution in [3.05, 3.63) is 58.1 Å². The van der Waals surface area contributed by atoms with Gasteiger partial charge < -0.3 is 9.84 Å². The van der Waals surface area contributed by atoms with Gasteiger partial charge in [-0.15, -0.1) is 11.8 Å². The van der Waals surface area contributed by atoms with Crippen LogP contribution in [0.1, 0.15) is 61.4 Å². The normalized spacial score (nSPS) is 33.2. The molecule has 1 N–H and O–H groups in total. The quantitative estimate of drug-likeness (QED) is 0.483. The van der Waals surface area contributed by atoms with Crippen molar-refractivity contribution >= 4 is 39.4 Å². The lowest BCUT2D eigenvalue weighted by Gasteiger charge is -2.52. The Labute approximate surface area is 201 Å². The summed E-state index contributed by atoms with van der Waals surface area (Å²) in [5.41, 5.74) is 1.63. The summed E-state index contributed by atoms with van der Waals surface area (Å²) in [5, 5.41) is 9.88. The van der Waals surface area contributed by atoms with Crippen LogP contribution in [0.2, 0.25) is 0 Å². The van der Waals surface area contributed by atoms with Crippen LogP contribution in [-0.2, 0) is 9.53 Å². The predicted molar refractivity (Wildman–Crippen MR) is 128 cm³/mol. The number of carbonyl (C=O) groups is 2. The van der Waals surface area contributed by atoms with Crippen LogP contribution in [0.15, 0.2) is 51.8 Å². The highest BCUT2D eigenvalue weighted by Gasteiger charge is 2.59. The Bertz CT molecular complexity index is 1070. The molecule has 6 atom stereocenters. The molecule has 2 aromatic carbocycles. The van der Waals surface area contributed by atoms with Crippen LogP contribution in [0, 0.1) is 17.3 Å². The Morgan fingerprint density at radius 3 is 2.62 bits per heavy atom. The van der Waals surface area contributed by atoms with Crippen LogP contribution in [0.25, 0.3) is 0 Å². The number of phenolic OH excluding ortho intramolecular Hbond substituents is 1. The van der Waals surface area contributed by atoms with Gasteiger partial charge in [0, 0.05) is 27.3 Å². The van der Waals surface area contributed by atoms with Gasteiger partial charge in [0.1, 0.15) is 11.9 Å². The van der Waals surface area contributed by atoms with Crippen LogP contribution in [0.3, 0.4) is 0 Å².